The molecule has 7 heteroatoms. The molecular weight excluding hydrogens is 298 g/mol. The molecule has 4 rings (SSSR count). The number of hydrogen-bond acceptors (Lipinski definition) is 5. The third kappa shape index (κ3) is 2.50. The molecule has 4 heterocycles. The van der Waals surface area contributed by atoms with E-state index in [0.29, 0.717) is 6.61 Å². The normalized spacial score (nSPS) is 29.8. The summed E-state index contributed by atoms with van der Waals surface area (Å²) in [6.07, 6.45) is 2.66. The van der Waals surface area contributed by atoms with Gasteiger partial charge in [-0.05, 0) is 18.6 Å². The highest BCUT2D eigenvalue weighted by Crippen LogP contribution is 2.27. The molecule has 23 heavy (non-hydrogen) atoms. The number of aryl methyl sites for hydroxylation is 1. The lowest BCUT2D eigenvalue weighted by Gasteiger charge is -2.17. The number of pyridine rings is 1. The van der Waals surface area contributed by atoms with Gasteiger partial charge in [0.2, 0.25) is 5.91 Å². The van der Waals surface area contributed by atoms with Crippen molar-refractivity contribution in [3.05, 3.63) is 35.8 Å². The minimum absolute atomic E-state index is 0.104. The fourth-order valence-electron chi connectivity index (χ4n) is 3.36. The average molecular weight is 317 g/mol. The summed E-state index contributed by atoms with van der Waals surface area (Å²) < 4.78 is 13.0. The van der Waals surface area contributed by atoms with E-state index in [0.717, 1.165) is 16.9 Å². The quantitative estimate of drug-likeness (QED) is 0.821. The van der Waals surface area contributed by atoms with E-state index in [1.807, 2.05) is 29.7 Å². The second-order valence-electron chi connectivity index (χ2n) is 6.15. The first kappa shape index (κ1) is 14.6. The van der Waals surface area contributed by atoms with Gasteiger partial charge >= 0.3 is 0 Å². The maximum Gasteiger partial charge on any atom is 0.226 e. The lowest BCUT2D eigenvalue weighted by molar-refractivity contribution is -0.121. The van der Waals surface area contributed by atoms with Crippen LogP contribution in [0.5, 0.6) is 0 Å². The molecule has 0 unspecified atom stereocenters. The van der Waals surface area contributed by atoms with Gasteiger partial charge in [-0.3, -0.25) is 4.79 Å². The maximum atomic E-state index is 12.3. The zero-order valence-electron chi connectivity index (χ0n) is 12.8. The number of hydrogen-bond donors (Lipinski definition) is 2. The van der Waals surface area contributed by atoms with Gasteiger partial charge < -0.3 is 24.3 Å². The van der Waals surface area contributed by atoms with Gasteiger partial charge in [0, 0.05) is 12.4 Å². The first-order valence-electron chi connectivity index (χ1n) is 7.75. The fraction of sp³-hybridized carbons (Fsp3) is 0.500. The Bertz CT molecular complexity index is 744. The molecule has 2 aromatic rings. The Kier molecular flexibility index (Phi) is 3.56. The first-order valence-corrected chi connectivity index (χ1v) is 7.75. The van der Waals surface area contributed by atoms with Crippen LogP contribution in [0.15, 0.2) is 24.5 Å². The number of nitrogens with one attached hydrogen (secondary N) is 1. The molecule has 2 fully saturated rings. The first-order chi connectivity index (χ1) is 11.1. The van der Waals surface area contributed by atoms with E-state index < -0.39 is 6.10 Å². The smallest absolute Gasteiger partial charge is 0.226 e. The monoisotopic (exact) mass is 317 g/mol. The van der Waals surface area contributed by atoms with Crippen LogP contribution in [0.25, 0.3) is 5.65 Å². The van der Waals surface area contributed by atoms with Crippen LogP contribution in [-0.4, -0.2) is 58.0 Å². The molecule has 0 aromatic carbocycles. The van der Waals surface area contributed by atoms with Gasteiger partial charge in [0.15, 0.2) is 0 Å². The van der Waals surface area contributed by atoms with Crippen molar-refractivity contribution in [2.45, 2.75) is 37.7 Å². The number of aromatic nitrogens is 2. The van der Waals surface area contributed by atoms with Crippen molar-refractivity contribution in [3.63, 3.8) is 0 Å². The molecular formula is C16H19N3O4. The van der Waals surface area contributed by atoms with Crippen molar-refractivity contribution in [1.82, 2.24) is 14.7 Å². The Labute approximate surface area is 133 Å². The van der Waals surface area contributed by atoms with Crippen molar-refractivity contribution < 1.29 is 19.4 Å². The van der Waals surface area contributed by atoms with E-state index >= 15 is 0 Å². The zero-order chi connectivity index (χ0) is 16.0. The van der Waals surface area contributed by atoms with E-state index in [2.05, 4.69) is 10.3 Å². The summed E-state index contributed by atoms with van der Waals surface area (Å²) in [7, 11) is 0. The van der Waals surface area contributed by atoms with Gasteiger partial charge in [-0.15, -0.1) is 0 Å². The number of amides is 1. The summed E-state index contributed by atoms with van der Waals surface area (Å²) in [6.45, 7) is 2.61. The van der Waals surface area contributed by atoms with Crippen LogP contribution in [0.4, 0.5) is 0 Å². The van der Waals surface area contributed by atoms with Crippen molar-refractivity contribution in [2.24, 2.45) is 0 Å². The Hall–Kier alpha value is -1.96. The Morgan fingerprint density at radius 2 is 2.26 bits per heavy atom. The zero-order valence-corrected chi connectivity index (χ0v) is 12.8. The van der Waals surface area contributed by atoms with Crippen molar-refractivity contribution in [2.75, 3.05) is 13.2 Å². The van der Waals surface area contributed by atoms with Crippen LogP contribution in [-0.2, 0) is 20.7 Å². The van der Waals surface area contributed by atoms with Crippen LogP contribution < -0.4 is 5.32 Å². The molecule has 0 saturated carbocycles. The summed E-state index contributed by atoms with van der Waals surface area (Å²) in [5.74, 6) is -0.104. The second-order valence-corrected chi connectivity index (χ2v) is 6.15. The number of aliphatic hydroxyl groups excluding tert-OH is 1. The Morgan fingerprint density at radius 3 is 3.13 bits per heavy atom. The number of aliphatic hydroxyl groups is 1. The third-order valence-corrected chi connectivity index (χ3v) is 4.52. The van der Waals surface area contributed by atoms with Gasteiger partial charge in [0.05, 0.1) is 31.4 Å². The van der Waals surface area contributed by atoms with Crippen LogP contribution in [0.3, 0.4) is 0 Å². The highest BCUT2D eigenvalue weighted by atomic mass is 16.6. The molecule has 2 N–H and O–H groups in total. The van der Waals surface area contributed by atoms with Gasteiger partial charge in [-0.25, -0.2) is 4.98 Å². The summed E-state index contributed by atoms with van der Waals surface area (Å²) >= 11 is 0. The SMILES string of the molecule is Cc1cccn2c(CC(=O)N[C@@H]3CO[C@H]4[C@@H]3OC[C@H]4O)cnc12. The molecule has 1 amide bonds. The standard InChI is InChI=1S/C16H19N3O4/c1-9-3-2-4-19-10(6-17-16(9)19)5-13(21)18-11-7-22-15-12(20)8-23-14(11)15/h2-4,6,11-12,14-15,20H,5,7-8H2,1H3,(H,18,21)/t11-,12-,14-,15-/m1/s1. The molecule has 0 bridgehead atoms. The summed E-state index contributed by atoms with van der Waals surface area (Å²) in [6, 6.07) is 3.71. The fourth-order valence-corrected chi connectivity index (χ4v) is 3.36. The number of ether oxygens (including phenoxy) is 2. The van der Waals surface area contributed by atoms with E-state index in [1.54, 1.807) is 6.20 Å². The van der Waals surface area contributed by atoms with Crippen molar-refractivity contribution >= 4 is 11.6 Å². The highest BCUT2D eigenvalue weighted by Gasteiger charge is 2.47. The molecule has 0 aliphatic carbocycles. The molecule has 7 nitrogen and oxygen atoms in total. The third-order valence-electron chi connectivity index (χ3n) is 4.52. The molecule has 2 aromatic heterocycles. The number of imidazole rings is 1. The number of carbonyl (C=O) groups is 1. The molecule has 122 valence electrons. The predicted molar refractivity (Wildman–Crippen MR) is 81.1 cm³/mol. The van der Waals surface area contributed by atoms with Gasteiger partial charge in [0.25, 0.3) is 0 Å². The minimum atomic E-state index is -0.608. The topological polar surface area (TPSA) is 85.1 Å². The molecule has 2 saturated heterocycles. The molecule has 2 aliphatic rings. The van der Waals surface area contributed by atoms with E-state index in [-0.39, 0.29) is 37.2 Å². The predicted octanol–water partition coefficient (Wildman–Crippen LogP) is -0.171. The molecule has 2 aliphatic heterocycles. The molecule has 0 radical (unpaired) electrons. The lowest BCUT2D eigenvalue weighted by Crippen LogP contribution is -2.44. The van der Waals surface area contributed by atoms with Crippen LogP contribution in [0.1, 0.15) is 11.3 Å². The van der Waals surface area contributed by atoms with E-state index in [4.69, 9.17) is 9.47 Å². The summed E-state index contributed by atoms with van der Waals surface area (Å²) in [5.41, 5.74) is 2.77. The Morgan fingerprint density at radius 1 is 1.43 bits per heavy atom. The van der Waals surface area contributed by atoms with Crippen LogP contribution >= 0.6 is 0 Å². The lowest BCUT2D eigenvalue weighted by atomic mass is 10.1. The maximum absolute atomic E-state index is 12.3. The highest BCUT2D eigenvalue weighted by molar-refractivity contribution is 5.79. The number of nitrogens with zero attached hydrogens (tertiary/aromatic N) is 2. The Balaban J connectivity index is 1.45. The van der Waals surface area contributed by atoms with Crippen molar-refractivity contribution in [1.29, 1.82) is 0 Å². The molecule has 0 spiro atoms. The van der Waals surface area contributed by atoms with Gasteiger partial charge in [0.1, 0.15) is 24.0 Å². The van der Waals surface area contributed by atoms with Crippen molar-refractivity contribution in [3.8, 4) is 0 Å². The number of fused-ring (bicyclic) bond motifs is 2. The second kappa shape index (κ2) is 5.59. The minimum Gasteiger partial charge on any atom is -0.388 e. The van der Waals surface area contributed by atoms with Gasteiger partial charge in [-0.2, -0.15) is 0 Å². The molecule has 4 atom stereocenters. The van der Waals surface area contributed by atoms with Crippen LogP contribution in [0, 0.1) is 6.92 Å². The summed E-state index contributed by atoms with van der Waals surface area (Å²) in [4.78, 5) is 16.7. The number of carbonyl (C=O) groups excluding carboxylic acids is 1. The number of rotatable bonds is 3. The van der Waals surface area contributed by atoms with E-state index in [1.165, 1.54) is 0 Å². The van der Waals surface area contributed by atoms with E-state index in [9.17, 15) is 9.90 Å². The van der Waals surface area contributed by atoms with Gasteiger partial charge in [-0.1, -0.05) is 6.07 Å². The van der Waals surface area contributed by atoms with Crippen LogP contribution in [0.2, 0.25) is 0 Å². The largest absolute Gasteiger partial charge is 0.388 e. The summed E-state index contributed by atoms with van der Waals surface area (Å²) in [5, 5.41) is 12.7. The average Bonchev–Trinajstić information content (AvgIpc) is 3.19.